The van der Waals surface area contributed by atoms with Crippen LogP contribution >= 0.6 is 0 Å². The van der Waals surface area contributed by atoms with E-state index in [0.29, 0.717) is 17.1 Å². The number of hydrogen-bond acceptors (Lipinski definition) is 8. The molecule has 0 radical (unpaired) electrons. The van der Waals surface area contributed by atoms with Gasteiger partial charge in [0.1, 0.15) is 23.1 Å². The lowest BCUT2D eigenvalue weighted by atomic mass is 9.98. The zero-order valence-corrected chi connectivity index (χ0v) is 20.4. The van der Waals surface area contributed by atoms with Gasteiger partial charge >= 0.3 is 12.1 Å². The Hall–Kier alpha value is -3.75. The molecule has 2 aromatic carbocycles. The van der Waals surface area contributed by atoms with Crippen LogP contribution in [0.5, 0.6) is 11.5 Å². The molecule has 9 nitrogen and oxygen atoms in total. The lowest BCUT2D eigenvalue weighted by Crippen LogP contribution is -2.45. The summed E-state index contributed by atoms with van der Waals surface area (Å²) in [4.78, 5) is 24.7. The Labute approximate surface area is 199 Å². The molecule has 1 unspecified atom stereocenters. The average Bonchev–Trinajstić information content (AvgIpc) is 2.77. The topological polar surface area (TPSA) is 116 Å². The summed E-state index contributed by atoms with van der Waals surface area (Å²) in [6.07, 6.45) is 0.812. The highest BCUT2D eigenvalue weighted by Crippen LogP contribution is 2.39. The van der Waals surface area contributed by atoms with Gasteiger partial charge in [0.25, 0.3) is 0 Å². The third-order valence-corrected chi connectivity index (χ3v) is 4.68. The number of amides is 1. The van der Waals surface area contributed by atoms with Crippen molar-refractivity contribution in [1.29, 1.82) is 0 Å². The maximum Gasteiger partial charge on any atom is 0.408 e. The van der Waals surface area contributed by atoms with E-state index in [2.05, 4.69) is 10.5 Å². The summed E-state index contributed by atoms with van der Waals surface area (Å²) in [5, 5.41) is 14.5. The van der Waals surface area contributed by atoms with Crippen LogP contribution in [0, 0.1) is 0 Å². The summed E-state index contributed by atoms with van der Waals surface area (Å²) < 4.78 is 21.4. The summed E-state index contributed by atoms with van der Waals surface area (Å²) >= 11 is 0. The number of esters is 1. The number of rotatable bonds is 9. The van der Waals surface area contributed by atoms with Gasteiger partial charge in [-0.1, -0.05) is 29.4 Å². The van der Waals surface area contributed by atoms with Crippen molar-refractivity contribution < 1.29 is 33.7 Å². The molecule has 0 aliphatic rings. The second-order valence-electron chi connectivity index (χ2n) is 8.40. The van der Waals surface area contributed by atoms with Crippen molar-refractivity contribution in [3.8, 4) is 22.6 Å². The van der Waals surface area contributed by atoms with Crippen LogP contribution in [0.25, 0.3) is 11.1 Å². The second kappa shape index (κ2) is 11.9. The zero-order chi connectivity index (χ0) is 25.3. The van der Waals surface area contributed by atoms with E-state index in [1.54, 1.807) is 54.0 Å². The number of nitrogens with one attached hydrogen (secondary N) is 1. The van der Waals surface area contributed by atoms with Crippen molar-refractivity contribution in [2.24, 2.45) is 5.16 Å². The third kappa shape index (κ3) is 7.40. The van der Waals surface area contributed by atoms with Gasteiger partial charge in [0, 0.05) is 12.0 Å². The molecule has 0 saturated heterocycles. The molecule has 2 rings (SSSR count). The molecule has 0 heterocycles. The minimum Gasteiger partial charge on any atom is -0.496 e. The molecule has 34 heavy (non-hydrogen) atoms. The fraction of sp³-hybridized carbons (Fsp3) is 0.400. The van der Waals surface area contributed by atoms with Gasteiger partial charge in [-0.2, -0.15) is 0 Å². The molecule has 0 aliphatic carbocycles. The van der Waals surface area contributed by atoms with E-state index in [0.717, 1.165) is 16.7 Å². The van der Waals surface area contributed by atoms with Gasteiger partial charge in [0.15, 0.2) is 0 Å². The quantitative estimate of drug-likeness (QED) is 0.243. The molecule has 2 N–H and O–H groups in total. The lowest BCUT2D eigenvalue weighted by molar-refractivity contribution is -0.145. The van der Waals surface area contributed by atoms with Crippen LogP contribution in [0.4, 0.5) is 4.79 Å². The SMILES string of the molecule is CCOC(=O)C(Cc1ccc(-c2c(OC)cc(C=NO)cc2OC)cc1)NC(=O)OC(C)(C)C. The van der Waals surface area contributed by atoms with Crippen molar-refractivity contribution in [1.82, 2.24) is 5.32 Å². The zero-order valence-electron chi connectivity index (χ0n) is 20.4. The monoisotopic (exact) mass is 472 g/mol. The Morgan fingerprint density at radius 2 is 1.68 bits per heavy atom. The number of ether oxygens (including phenoxy) is 4. The number of methoxy groups -OCH3 is 2. The molecule has 0 aromatic heterocycles. The van der Waals surface area contributed by atoms with Crippen molar-refractivity contribution in [2.75, 3.05) is 20.8 Å². The number of hydrogen-bond donors (Lipinski definition) is 2. The van der Waals surface area contributed by atoms with E-state index in [1.165, 1.54) is 6.21 Å². The summed E-state index contributed by atoms with van der Waals surface area (Å²) in [6, 6.07) is 9.98. The van der Waals surface area contributed by atoms with Crippen LogP contribution in [0.3, 0.4) is 0 Å². The molecule has 0 spiro atoms. The largest absolute Gasteiger partial charge is 0.496 e. The van der Waals surface area contributed by atoms with E-state index < -0.39 is 23.7 Å². The normalized spacial score (nSPS) is 12.2. The van der Waals surface area contributed by atoms with E-state index in [-0.39, 0.29) is 13.0 Å². The first kappa shape index (κ1) is 26.5. The van der Waals surface area contributed by atoms with Gasteiger partial charge in [-0.15, -0.1) is 0 Å². The molecule has 9 heteroatoms. The predicted molar refractivity (Wildman–Crippen MR) is 128 cm³/mol. The standard InChI is InChI=1S/C25H32N2O7/c1-7-33-23(28)19(27-24(29)34-25(2,3)4)12-16-8-10-18(11-9-16)22-20(31-5)13-17(15-26-30)14-21(22)32-6/h8-11,13-15,19,30H,7,12H2,1-6H3,(H,27,29). The molecule has 1 amide bonds. The smallest absolute Gasteiger partial charge is 0.408 e. The first-order chi connectivity index (χ1) is 16.1. The fourth-order valence-corrected chi connectivity index (χ4v) is 3.29. The predicted octanol–water partition coefficient (Wildman–Crippen LogP) is 4.18. The van der Waals surface area contributed by atoms with Crippen molar-refractivity contribution >= 4 is 18.3 Å². The highest BCUT2D eigenvalue weighted by atomic mass is 16.6. The molecule has 2 aromatic rings. The summed E-state index contributed by atoms with van der Waals surface area (Å²) in [5.41, 5.74) is 2.27. The van der Waals surface area contributed by atoms with Crippen molar-refractivity contribution in [3.05, 3.63) is 47.5 Å². The van der Waals surface area contributed by atoms with Gasteiger partial charge in [0.2, 0.25) is 0 Å². The van der Waals surface area contributed by atoms with Crippen LogP contribution < -0.4 is 14.8 Å². The Balaban J connectivity index is 2.31. The maximum absolute atomic E-state index is 12.4. The number of carbonyl (C=O) groups is 2. The Morgan fingerprint density at radius 1 is 1.09 bits per heavy atom. The van der Waals surface area contributed by atoms with Gasteiger partial charge in [-0.25, -0.2) is 9.59 Å². The first-order valence-corrected chi connectivity index (χ1v) is 10.8. The fourth-order valence-electron chi connectivity index (χ4n) is 3.29. The van der Waals surface area contributed by atoms with Crippen LogP contribution in [-0.2, 0) is 20.7 Å². The molecule has 0 fully saturated rings. The van der Waals surface area contributed by atoms with E-state index >= 15 is 0 Å². The van der Waals surface area contributed by atoms with E-state index in [9.17, 15) is 9.59 Å². The Morgan fingerprint density at radius 3 is 2.15 bits per heavy atom. The number of alkyl carbamates (subject to hydrolysis) is 1. The van der Waals surface area contributed by atoms with Gasteiger partial charge in [0.05, 0.1) is 32.6 Å². The minimum absolute atomic E-state index is 0.195. The van der Waals surface area contributed by atoms with Gasteiger partial charge in [-0.3, -0.25) is 0 Å². The van der Waals surface area contributed by atoms with E-state index in [1.807, 2.05) is 24.3 Å². The minimum atomic E-state index is -0.901. The summed E-state index contributed by atoms with van der Waals surface area (Å²) in [6.45, 7) is 7.14. The maximum atomic E-state index is 12.4. The van der Waals surface area contributed by atoms with Crippen molar-refractivity contribution in [2.45, 2.75) is 45.8 Å². The average molecular weight is 473 g/mol. The Kier molecular flexibility index (Phi) is 9.29. The van der Waals surface area contributed by atoms with Crippen molar-refractivity contribution in [3.63, 3.8) is 0 Å². The highest BCUT2D eigenvalue weighted by molar-refractivity contribution is 5.86. The van der Waals surface area contributed by atoms with Crippen LogP contribution in [-0.4, -0.2) is 56.0 Å². The van der Waals surface area contributed by atoms with Gasteiger partial charge in [-0.05, 0) is 51.0 Å². The molecule has 0 bridgehead atoms. The molecular weight excluding hydrogens is 440 g/mol. The lowest BCUT2D eigenvalue weighted by Gasteiger charge is -2.23. The second-order valence-corrected chi connectivity index (χ2v) is 8.40. The van der Waals surface area contributed by atoms with E-state index in [4.69, 9.17) is 24.2 Å². The number of carbonyl (C=O) groups excluding carboxylic acids is 2. The number of oxime groups is 1. The number of nitrogens with zero attached hydrogens (tertiary/aromatic N) is 1. The van der Waals surface area contributed by atoms with Crippen LogP contribution in [0.1, 0.15) is 38.8 Å². The van der Waals surface area contributed by atoms with Crippen LogP contribution in [0.2, 0.25) is 0 Å². The van der Waals surface area contributed by atoms with Gasteiger partial charge < -0.3 is 29.5 Å². The highest BCUT2D eigenvalue weighted by Gasteiger charge is 2.26. The third-order valence-electron chi connectivity index (χ3n) is 4.68. The van der Waals surface area contributed by atoms with Crippen LogP contribution in [0.15, 0.2) is 41.6 Å². The molecular formula is C25H32N2O7. The molecule has 0 saturated carbocycles. The summed E-state index contributed by atoms with van der Waals surface area (Å²) in [5.74, 6) is 0.540. The summed E-state index contributed by atoms with van der Waals surface area (Å²) in [7, 11) is 3.08. The Bertz CT molecular complexity index is 986. The molecule has 184 valence electrons. The molecule has 0 aliphatic heterocycles. The molecule has 1 atom stereocenters. The number of benzene rings is 2. The first-order valence-electron chi connectivity index (χ1n) is 10.8.